The van der Waals surface area contributed by atoms with E-state index in [4.69, 9.17) is 46.3 Å². The van der Waals surface area contributed by atoms with E-state index in [-0.39, 0.29) is 152 Å². The number of nitrogens with two attached hydrogens (primary N) is 2. The molecule has 7 aliphatic rings. The van der Waals surface area contributed by atoms with Crippen LogP contribution in [-0.2, 0) is 25.7 Å². The van der Waals surface area contributed by atoms with Gasteiger partial charge in [-0.25, -0.2) is 46.3 Å². The second kappa shape index (κ2) is 25.8. The maximum atomic E-state index is 13.8. The van der Waals surface area contributed by atoms with Crippen LogP contribution in [-0.4, -0.2) is 87.1 Å². The lowest BCUT2D eigenvalue weighted by atomic mass is 9.86. The number of carbonyl (C=O) groups is 6. The number of hydrogen-bond donors (Lipinski definition) is 8. The zero-order chi connectivity index (χ0) is 62.8. The Hall–Kier alpha value is -6.96. The molecule has 460 valence electrons. The number of pyridine rings is 3. The van der Waals surface area contributed by atoms with Gasteiger partial charge in [0.25, 0.3) is 34.4 Å². The molecule has 0 atom stereocenters. The molecule has 5 saturated carbocycles. The first-order valence-electron chi connectivity index (χ1n) is 26.4. The lowest BCUT2D eigenvalue weighted by Crippen LogP contribution is -2.51. The van der Waals surface area contributed by atoms with Crippen molar-refractivity contribution >= 4 is 131 Å². The van der Waals surface area contributed by atoms with Crippen LogP contribution in [0.3, 0.4) is 0 Å². The fraction of sp³-hybridized carbons (Fsp3) is 0.442. The molecule has 0 bridgehead atoms. The molecule has 10 N–H and O–H groups in total. The van der Waals surface area contributed by atoms with Crippen molar-refractivity contribution in [2.75, 3.05) is 21.7 Å². The van der Waals surface area contributed by atoms with E-state index in [1.54, 1.807) is 6.07 Å². The van der Waals surface area contributed by atoms with Crippen molar-refractivity contribution in [3.05, 3.63) is 115 Å². The number of nitrogens with one attached hydrogen (secondary N) is 6. The number of fused-ring (bicyclic) bond motifs is 4. The molecule has 5 aliphatic carbocycles. The predicted molar refractivity (Wildman–Crippen MR) is 308 cm³/mol. The van der Waals surface area contributed by atoms with Crippen molar-refractivity contribution in [3.63, 3.8) is 0 Å². The Morgan fingerprint density at radius 3 is 1.47 bits per heavy atom. The average molecular weight is 1400 g/mol. The summed E-state index contributed by atoms with van der Waals surface area (Å²) in [4.78, 5) is 123. The zero-order valence-corrected chi connectivity index (χ0v) is 50.1. The number of alkyl halides is 6. The van der Waals surface area contributed by atoms with E-state index >= 15 is 0 Å². The van der Waals surface area contributed by atoms with Crippen LogP contribution < -0.4 is 54.7 Å². The minimum Gasteiger partial charge on any atom is -0.384 e. The number of halogens is 11. The number of nitrogens with zero attached hydrogens (tertiary/aromatic N) is 6. The number of aromatic nitrogens is 7. The number of anilines is 5. The summed E-state index contributed by atoms with van der Waals surface area (Å²) in [6.07, 6.45) is 4.01. The van der Waals surface area contributed by atoms with Crippen molar-refractivity contribution in [3.8, 4) is 0 Å². The van der Waals surface area contributed by atoms with Crippen LogP contribution in [0.4, 0.5) is 55.3 Å². The highest BCUT2D eigenvalue weighted by Gasteiger charge is 2.53. The van der Waals surface area contributed by atoms with Gasteiger partial charge in [-0.1, -0.05) is 34.8 Å². The summed E-state index contributed by atoms with van der Waals surface area (Å²) in [5.74, 6) is -8.61. The maximum absolute atomic E-state index is 13.8. The van der Waals surface area contributed by atoms with Crippen LogP contribution in [0.2, 0.25) is 15.1 Å². The molecule has 0 aromatic carbocycles. The number of nitrogen functional groups attached to an aromatic ring is 1. The molecule has 5 aromatic rings. The van der Waals surface area contributed by atoms with Crippen LogP contribution in [0.25, 0.3) is 0 Å². The second-order valence-electron chi connectivity index (χ2n) is 21.1. The molecule has 86 heavy (non-hydrogen) atoms. The van der Waals surface area contributed by atoms with Crippen molar-refractivity contribution < 1.29 is 55.1 Å². The number of Topliss-reactive ketones (excluding diaryl/α,β-unsaturated/α-hetero) is 1. The monoisotopic (exact) mass is 1390 g/mol. The number of rotatable bonds is 7. The van der Waals surface area contributed by atoms with Gasteiger partial charge in [0.05, 0.1) is 24.0 Å². The van der Waals surface area contributed by atoms with E-state index in [2.05, 4.69) is 83.4 Å². The molecule has 34 heteroatoms. The second-order valence-corrected chi connectivity index (χ2v) is 24.0. The van der Waals surface area contributed by atoms with Crippen molar-refractivity contribution in [1.29, 1.82) is 0 Å². The van der Waals surface area contributed by atoms with Crippen LogP contribution in [0, 0.1) is 11.8 Å². The summed E-state index contributed by atoms with van der Waals surface area (Å²) in [6, 6.07) is 6.98. The quantitative estimate of drug-likeness (QED) is 0.0705. The molecule has 2 aliphatic heterocycles. The minimum atomic E-state index is -2.84. The number of ketones is 1. The van der Waals surface area contributed by atoms with Gasteiger partial charge in [0.1, 0.15) is 75.8 Å². The molecule has 7 heterocycles. The van der Waals surface area contributed by atoms with Crippen LogP contribution >= 0.6 is 66.7 Å². The van der Waals surface area contributed by atoms with Gasteiger partial charge in [-0.05, 0) is 101 Å². The van der Waals surface area contributed by atoms with Gasteiger partial charge >= 0.3 is 0 Å². The zero-order valence-electron chi connectivity index (χ0n) is 44.7. The third-order valence-corrected chi connectivity index (χ3v) is 16.6. The van der Waals surface area contributed by atoms with Gasteiger partial charge in [0.2, 0.25) is 29.6 Å². The molecule has 23 nitrogen and oxygen atoms in total. The van der Waals surface area contributed by atoms with Gasteiger partial charge < -0.3 is 43.0 Å². The fourth-order valence-electron chi connectivity index (χ4n) is 9.65. The first-order valence-corrected chi connectivity index (χ1v) is 29.1. The smallest absolute Gasteiger partial charge is 0.276 e. The topological polar surface area (TPSA) is 343 Å². The molecular weight excluding hydrogens is 1340 g/mol. The van der Waals surface area contributed by atoms with Crippen molar-refractivity contribution in [1.82, 2.24) is 44.7 Å². The molecule has 5 amide bonds. The largest absolute Gasteiger partial charge is 0.384 e. The SMILES string of the molecule is NC(=O)c1[nH]c(=O)c(Br)cc1Cl.Nc1cc(NC(=O)C2CC2)ncn1.O=C1CCC(F)(F)CC1.O=C1NC2(CCC(F)(F)CC2)n2c1c(Cl)cc(Br)c2=O.O=C1NC2(CCC(F)(F)CC2)n2c1c(Cl)cc(Nc1cc(NC(=O)C3CC3)ncn1)c2=O. The minimum absolute atomic E-state index is 0.00539. The lowest BCUT2D eigenvalue weighted by Gasteiger charge is -2.38. The number of primary amides is 1. The molecule has 0 radical (unpaired) electrons. The summed E-state index contributed by atoms with van der Waals surface area (Å²) in [6.45, 7) is 0. The Morgan fingerprint density at radius 2 is 1.00 bits per heavy atom. The number of aromatic amines is 1. The number of H-pyrrole nitrogens is 1. The summed E-state index contributed by atoms with van der Waals surface area (Å²) in [5, 5.41) is 13.8. The molecule has 5 aromatic heterocycles. The summed E-state index contributed by atoms with van der Waals surface area (Å²) < 4.78 is 81.5. The third kappa shape index (κ3) is 15.6. The molecular formula is C52H51Br2Cl3F6N14O9. The lowest BCUT2D eigenvalue weighted by molar-refractivity contribution is -0.128. The Kier molecular flexibility index (Phi) is 19.5. The highest BCUT2D eigenvalue weighted by molar-refractivity contribution is 9.10. The first-order chi connectivity index (χ1) is 40.3. The van der Waals surface area contributed by atoms with E-state index in [1.807, 2.05) is 0 Å². The number of amides is 5. The van der Waals surface area contributed by atoms with E-state index in [1.165, 1.54) is 46.1 Å². The van der Waals surface area contributed by atoms with Crippen LogP contribution in [0.5, 0.6) is 0 Å². The molecule has 5 fully saturated rings. The first kappa shape index (κ1) is 65.0. The van der Waals surface area contributed by atoms with Gasteiger partial charge in [0, 0.05) is 75.3 Å². The number of carbonyl (C=O) groups excluding carboxylic acids is 6. The average Bonchev–Trinajstić information content (AvgIpc) is 1.68. The molecule has 12 rings (SSSR count). The Bertz CT molecular complexity index is 3710. The highest BCUT2D eigenvalue weighted by atomic mass is 79.9. The van der Waals surface area contributed by atoms with Crippen molar-refractivity contribution in [2.45, 2.75) is 132 Å². The summed E-state index contributed by atoms with van der Waals surface area (Å²) in [5.41, 5.74) is 6.49. The Morgan fingerprint density at radius 1 is 0.570 bits per heavy atom. The number of hydrogen-bond acceptors (Lipinski definition) is 15. The summed E-state index contributed by atoms with van der Waals surface area (Å²) >= 11 is 23.9. The molecule has 0 saturated heterocycles. The normalized spacial score (nSPS) is 19.4. The van der Waals surface area contributed by atoms with Crippen LogP contribution in [0.15, 0.2) is 66.3 Å². The van der Waals surface area contributed by atoms with Crippen LogP contribution in [0.1, 0.15) is 134 Å². The predicted octanol–water partition coefficient (Wildman–Crippen LogP) is 8.92. The third-order valence-electron chi connectivity index (χ3n) is 14.6. The van der Waals surface area contributed by atoms with Gasteiger partial charge in [0.15, 0.2) is 0 Å². The van der Waals surface area contributed by atoms with Gasteiger partial charge in [-0.15, -0.1) is 0 Å². The van der Waals surface area contributed by atoms with E-state index < -0.39 is 76.3 Å². The van der Waals surface area contributed by atoms with Gasteiger partial charge in [-0.3, -0.25) is 52.3 Å². The Balaban J connectivity index is 0.000000152. The molecule has 2 spiro atoms. The standard InChI is InChI=1S/C20H19ClF2N6O3.C12H10BrClF2N2O2.C8H10N4O.C6H4BrClN2O2.C6H8F2O/c21-11-7-12(26-13-8-14(25-9-24-13)27-16(30)10-1-2-10)18(32)29-15(11)17(31)28-20(29)5-3-19(22,23)4-6-20;13-6-5-7(14)8-9(19)17-12(18(8)10(6)20)3-1-11(15,16)2-4-12;9-6-3-7(11-4-10-6)12-8(13)5-1-2-5;7-2-1-3(8)4(5(9)11)10-6(2)12;7-6(8)3-1-5(9)2-4-6/h7-10H,1-6H2,(H,28,31)(H2,24,25,26,27,30);5H,1-4H2,(H,17,19);3-5H,1-2H2,(H3,9,10,11,12,13);1H,(H2,9,11)(H,10,12);1-4H2. The summed E-state index contributed by atoms with van der Waals surface area (Å²) in [7, 11) is 0. The van der Waals surface area contributed by atoms with E-state index in [0.29, 0.717) is 11.6 Å². The van der Waals surface area contributed by atoms with E-state index in [9.17, 15) is 69.5 Å². The van der Waals surface area contributed by atoms with Crippen molar-refractivity contribution in [2.24, 2.45) is 17.6 Å². The van der Waals surface area contributed by atoms with Gasteiger partial charge in [-0.2, -0.15) is 0 Å². The van der Waals surface area contributed by atoms with E-state index in [0.717, 1.165) is 25.7 Å². The Labute approximate surface area is 514 Å². The fourth-order valence-corrected chi connectivity index (χ4v) is 11.5. The highest BCUT2D eigenvalue weighted by Crippen LogP contribution is 2.46. The molecule has 0 unspecified atom stereocenters. The maximum Gasteiger partial charge on any atom is 0.276 e.